The summed E-state index contributed by atoms with van der Waals surface area (Å²) >= 11 is 1.56. The maximum atomic E-state index is 9.84. The number of aromatic nitrogens is 3. The van der Waals surface area contributed by atoms with Crippen LogP contribution in [0.15, 0.2) is 83.8 Å². The third-order valence-corrected chi connectivity index (χ3v) is 6.10. The maximum absolute atomic E-state index is 9.84. The summed E-state index contributed by atoms with van der Waals surface area (Å²) in [7, 11) is 0. The van der Waals surface area contributed by atoms with Crippen molar-refractivity contribution in [3.8, 4) is 17.2 Å². The van der Waals surface area contributed by atoms with Crippen molar-refractivity contribution in [1.82, 2.24) is 15.0 Å². The van der Waals surface area contributed by atoms with Gasteiger partial charge >= 0.3 is 0 Å². The molecule has 0 aliphatic carbocycles. The van der Waals surface area contributed by atoms with Gasteiger partial charge in [-0.1, -0.05) is 78.0 Å². The molecule has 0 aliphatic rings. The van der Waals surface area contributed by atoms with E-state index in [9.17, 15) is 5.26 Å². The van der Waals surface area contributed by atoms with Gasteiger partial charge in [-0.05, 0) is 34.2 Å². The van der Waals surface area contributed by atoms with Crippen molar-refractivity contribution in [2.45, 2.75) is 11.4 Å². The largest absolute Gasteiger partial charge is 0.240 e. The molecule has 0 saturated carbocycles. The van der Waals surface area contributed by atoms with Gasteiger partial charge in [0, 0.05) is 10.5 Å². The number of thioether (sulfide) groups is 1. The molecule has 0 N–H and O–H groups in total. The Kier molecular flexibility index (Phi) is 4.70. The van der Waals surface area contributed by atoms with Crippen molar-refractivity contribution in [1.29, 1.82) is 5.26 Å². The number of fused-ring (bicyclic) bond motifs is 2. The van der Waals surface area contributed by atoms with Gasteiger partial charge < -0.3 is 0 Å². The first kappa shape index (κ1) is 18.4. The zero-order valence-corrected chi connectivity index (χ0v) is 17.2. The second kappa shape index (κ2) is 7.66. The minimum atomic E-state index is 0.584. The average Bonchev–Trinajstić information content (AvgIpc) is 3.22. The molecule has 0 saturated heterocycles. The molecule has 0 atom stereocenters. The molecule has 4 nitrogen and oxygen atoms in total. The summed E-state index contributed by atoms with van der Waals surface area (Å²) in [5.41, 5.74) is 5.44. The zero-order chi connectivity index (χ0) is 20.5. The van der Waals surface area contributed by atoms with Crippen LogP contribution in [0.25, 0.3) is 32.9 Å². The van der Waals surface area contributed by atoms with Crippen molar-refractivity contribution in [2.24, 2.45) is 0 Å². The van der Waals surface area contributed by atoms with E-state index in [2.05, 4.69) is 77.0 Å². The fraction of sp³-hybridized carbons (Fsp3) is 0.0800. The van der Waals surface area contributed by atoms with Gasteiger partial charge in [0.15, 0.2) is 0 Å². The molecule has 144 valence electrons. The number of hydrogen-bond acceptors (Lipinski definition) is 4. The minimum Gasteiger partial charge on any atom is -0.240 e. The first-order valence-electron chi connectivity index (χ1n) is 9.66. The van der Waals surface area contributed by atoms with E-state index in [1.165, 1.54) is 10.8 Å². The molecule has 0 aliphatic heterocycles. The van der Waals surface area contributed by atoms with Crippen LogP contribution < -0.4 is 0 Å². The highest BCUT2D eigenvalue weighted by Crippen LogP contribution is 2.38. The Balaban J connectivity index is 1.84. The van der Waals surface area contributed by atoms with E-state index >= 15 is 0 Å². The summed E-state index contributed by atoms with van der Waals surface area (Å²) in [4.78, 5) is 0.916. The number of nitriles is 1. The second-order valence-corrected chi connectivity index (χ2v) is 7.92. The van der Waals surface area contributed by atoms with Crippen LogP contribution in [0.3, 0.4) is 0 Å². The number of benzene rings is 4. The van der Waals surface area contributed by atoms with Crippen molar-refractivity contribution in [2.75, 3.05) is 6.26 Å². The molecular weight excluding hydrogens is 388 g/mol. The lowest BCUT2D eigenvalue weighted by atomic mass is 9.96. The third-order valence-electron chi connectivity index (χ3n) is 5.34. The van der Waals surface area contributed by atoms with Gasteiger partial charge in [0.05, 0.1) is 17.6 Å². The lowest BCUT2D eigenvalue weighted by Gasteiger charge is -2.13. The molecule has 30 heavy (non-hydrogen) atoms. The van der Waals surface area contributed by atoms with E-state index in [-0.39, 0.29) is 0 Å². The van der Waals surface area contributed by atoms with Gasteiger partial charge in [0.1, 0.15) is 11.6 Å². The van der Waals surface area contributed by atoms with E-state index in [4.69, 9.17) is 0 Å². The molecule has 0 fully saturated rings. The third kappa shape index (κ3) is 3.02. The van der Waals surface area contributed by atoms with Crippen LogP contribution in [0.4, 0.5) is 0 Å². The van der Waals surface area contributed by atoms with E-state index in [1.807, 2.05) is 29.1 Å². The number of nitrogens with zero attached hydrogens (tertiary/aromatic N) is 4. The maximum Gasteiger partial charge on any atom is 0.132 e. The number of rotatable bonds is 4. The summed E-state index contributed by atoms with van der Waals surface area (Å²) in [5.74, 6) is 0. The molecule has 1 heterocycles. The lowest BCUT2D eigenvalue weighted by molar-refractivity contribution is 0.670. The van der Waals surface area contributed by atoms with Crippen molar-refractivity contribution < 1.29 is 0 Å². The minimum absolute atomic E-state index is 0.584. The molecule has 0 radical (unpaired) electrons. The van der Waals surface area contributed by atoms with E-state index < -0.39 is 0 Å². The van der Waals surface area contributed by atoms with Gasteiger partial charge in [-0.25, -0.2) is 4.68 Å². The molecule has 4 aromatic carbocycles. The van der Waals surface area contributed by atoms with E-state index in [1.54, 1.807) is 11.8 Å². The lowest BCUT2D eigenvalue weighted by Crippen LogP contribution is -2.03. The van der Waals surface area contributed by atoms with Crippen LogP contribution in [0.1, 0.15) is 11.1 Å². The molecule has 5 heteroatoms. The predicted octanol–water partition coefficient (Wildman–Crippen LogP) is 5.89. The Bertz CT molecular complexity index is 1410. The van der Waals surface area contributed by atoms with Crippen LogP contribution in [0.5, 0.6) is 0 Å². The number of hydrogen-bond donors (Lipinski definition) is 0. The van der Waals surface area contributed by atoms with Gasteiger partial charge in [0.2, 0.25) is 0 Å². The smallest absolute Gasteiger partial charge is 0.132 e. The summed E-state index contributed by atoms with van der Waals surface area (Å²) in [6, 6.07) is 29.3. The Labute approximate surface area is 178 Å². The van der Waals surface area contributed by atoms with Gasteiger partial charge in [-0.2, -0.15) is 5.26 Å². The molecular formula is C25H18N4S. The Morgan fingerprint density at radius 3 is 2.50 bits per heavy atom. The fourth-order valence-electron chi connectivity index (χ4n) is 3.94. The van der Waals surface area contributed by atoms with Gasteiger partial charge in [-0.3, -0.25) is 0 Å². The first-order valence-corrected chi connectivity index (χ1v) is 10.9. The molecule has 1 aromatic heterocycles. The van der Waals surface area contributed by atoms with Crippen LogP contribution in [0.2, 0.25) is 0 Å². The summed E-state index contributed by atoms with van der Waals surface area (Å²) in [6.45, 7) is 0.596. The monoisotopic (exact) mass is 406 g/mol. The summed E-state index contributed by atoms with van der Waals surface area (Å²) < 4.78 is 1.91. The molecule has 0 spiro atoms. The first-order chi connectivity index (χ1) is 14.8. The van der Waals surface area contributed by atoms with Gasteiger partial charge in [0.25, 0.3) is 0 Å². The SMILES string of the molecule is CSc1cc(-c2cccc3ccccc23)c2c(nnn2Cc2ccccc2)c1C#N. The average molecular weight is 407 g/mol. The molecule has 0 bridgehead atoms. The summed E-state index contributed by atoms with van der Waals surface area (Å²) in [6.07, 6.45) is 1.99. The highest BCUT2D eigenvalue weighted by Gasteiger charge is 2.20. The van der Waals surface area contributed by atoms with E-state index in [0.29, 0.717) is 17.6 Å². The Morgan fingerprint density at radius 1 is 0.933 bits per heavy atom. The molecule has 5 aromatic rings. The normalized spacial score (nSPS) is 11.1. The highest BCUT2D eigenvalue weighted by atomic mass is 32.2. The fourth-order valence-corrected chi connectivity index (χ4v) is 4.52. The Hall–Kier alpha value is -3.62. The van der Waals surface area contributed by atoms with E-state index in [0.717, 1.165) is 27.1 Å². The highest BCUT2D eigenvalue weighted by molar-refractivity contribution is 7.98. The second-order valence-electron chi connectivity index (χ2n) is 7.07. The quantitative estimate of drug-likeness (QED) is 0.349. The Morgan fingerprint density at radius 2 is 1.70 bits per heavy atom. The van der Waals surface area contributed by atoms with Crippen molar-refractivity contribution >= 4 is 33.6 Å². The summed E-state index contributed by atoms with van der Waals surface area (Å²) in [5, 5.41) is 21.1. The van der Waals surface area contributed by atoms with Crippen molar-refractivity contribution in [3.63, 3.8) is 0 Å². The van der Waals surface area contributed by atoms with Crippen LogP contribution in [-0.4, -0.2) is 21.2 Å². The standard InChI is InChI=1S/C25H18N4S/c1-30-23-14-21(20-13-7-11-18-10-5-6-12-19(18)20)25-24(22(23)15-26)27-28-29(25)16-17-8-3-2-4-9-17/h2-14H,16H2,1H3. The van der Waals surface area contributed by atoms with Crippen LogP contribution in [0, 0.1) is 11.3 Å². The predicted molar refractivity (Wildman–Crippen MR) is 123 cm³/mol. The van der Waals surface area contributed by atoms with Crippen LogP contribution >= 0.6 is 11.8 Å². The van der Waals surface area contributed by atoms with Gasteiger partial charge in [-0.15, -0.1) is 16.9 Å². The van der Waals surface area contributed by atoms with Crippen LogP contribution in [-0.2, 0) is 6.54 Å². The molecule has 0 unspecified atom stereocenters. The topological polar surface area (TPSA) is 54.5 Å². The van der Waals surface area contributed by atoms with Crippen molar-refractivity contribution in [3.05, 3.63) is 90.0 Å². The molecule has 0 amide bonds. The molecule has 5 rings (SSSR count). The zero-order valence-electron chi connectivity index (χ0n) is 16.4.